The summed E-state index contributed by atoms with van der Waals surface area (Å²) in [5.41, 5.74) is 6.86. The average molecular weight is 553 g/mol. The number of alkyl halides is 4. The number of halogens is 5. The molecule has 210 valence electrons. The normalized spacial score (nSPS) is 22.0. The maximum absolute atomic E-state index is 15.1. The van der Waals surface area contributed by atoms with E-state index in [1.54, 1.807) is 6.07 Å². The number of ether oxygens (including phenoxy) is 2. The van der Waals surface area contributed by atoms with E-state index in [4.69, 9.17) is 10.5 Å². The quantitative estimate of drug-likeness (QED) is 0.474. The van der Waals surface area contributed by atoms with Gasteiger partial charge in [0.1, 0.15) is 23.4 Å². The maximum atomic E-state index is 15.1. The van der Waals surface area contributed by atoms with Gasteiger partial charge in [0.2, 0.25) is 0 Å². The number of nitrogens with two attached hydrogens (primary N) is 1. The van der Waals surface area contributed by atoms with Gasteiger partial charge in [0.25, 0.3) is 11.8 Å². The fourth-order valence-corrected chi connectivity index (χ4v) is 5.47. The Morgan fingerprint density at radius 2 is 1.97 bits per heavy atom. The first-order chi connectivity index (χ1) is 18.4. The highest BCUT2D eigenvalue weighted by Crippen LogP contribution is 2.47. The zero-order valence-electron chi connectivity index (χ0n) is 21.5. The zero-order chi connectivity index (χ0) is 28.1. The molecule has 12 heteroatoms. The van der Waals surface area contributed by atoms with Crippen molar-refractivity contribution >= 4 is 17.6 Å². The molecule has 2 fully saturated rings. The van der Waals surface area contributed by atoms with Crippen LogP contribution in [0.1, 0.15) is 66.6 Å². The molecule has 39 heavy (non-hydrogen) atoms. The first-order valence-electron chi connectivity index (χ1n) is 12.8. The third-order valence-electron chi connectivity index (χ3n) is 7.30. The number of aliphatic imine (C=N–C) groups is 1. The first kappa shape index (κ1) is 27.0. The van der Waals surface area contributed by atoms with Crippen LogP contribution in [0.25, 0.3) is 0 Å². The van der Waals surface area contributed by atoms with Crippen LogP contribution in [0.2, 0.25) is 0 Å². The van der Waals surface area contributed by atoms with Gasteiger partial charge >= 0.3 is 6.61 Å². The van der Waals surface area contributed by atoms with Crippen LogP contribution < -0.4 is 15.2 Å². The molecule has 0 bridgehead atoms. The fraction of sp³-hybridized carbons (Fsp3) is 0.481. The van der Waals surface area contributed by atoms with Crippen LogP contribution >= 0.6 is 0 Å². The van der Waals surface area contributed by atoms with Crippen LogP contribution in [0.15, 0.2) is 35.3 Å². The number of carbonyl (C=O) groups excluding carboxylic acids is 1. The molecule has 2 atom stereocenters. The summed E-state index contributed by atoms with van der Waals surface area (Å²) in [6, 6.07) is 6.06. The summed E-state index contributed by atoms with van der Waals surface area (Å²) < 4.78 is 79.6. The summed E-state index contributed by atoms with van der Waals surface area (Å²) in [4.78, 5) is 20.3. The molecule has 1 amide bonds. The smallest absolute Gasteiger partial charge is 0.387 e. The number of hydrogen-bond donors (Lipinski definition) is 1. The molecule has 3 aliphatic rings. The van der Waals surface area contributed by atoms with Crippen molar-refractivity contribution in [2.45, 2.75) is 63.7 Å². The second kappa shape index (κ2) is 10.2. The molecule has 5 rings (SSSR count). The lowest BCUT2D eigenvalue weighted by atomic mass is 9.96. The third-order valence-corrected chi connectivity index (χ3v) is 7.30. The maximum Gasteiger partial charge on any atom is 0.387 e. The van der Waals surface area contributed by atoms with Crippen LogP contribution in [-0.4, -0.2) is 59.9 Å². The number of piperidine rings is 1. The van der Waals surface area contributed by atoms with Gasteiger partial charge in [-0.15, -0.1) is 0 Å². The minimum absolute atomic E-state index is 0.0331. The van der Waals surface area contributed by atoms with Crippen molar-refractivity contribution in [3.8, 4) is 11.5 Å². The molecule has 0 saturated carbocycles. The van der Waals surface area contributed by atoms with Crippen LogP contribution in [0, 0.1) is 5.82 Å². The molecule has 0 aliphatic carbocycles. The lowest BCUT2D eigenvalue weighted by Gasteiger charge is -2.34. The number of guanidine groups is 1. The summed E-state index contributed by atoms with van der Waals surface area (Å²) in [7, 11) is 0. The molecule has 0 radical (unpaired) electrons. The Balaban J connectivity index is 1.37. The molecular weight excluding hydrogens is 523 g/mol. The molecule has 2 aromatic carbocycles. The number of rotatable bonds is 6. The van der Waals surface area contributed by atoms with E-state index in [1.807, 2.05) is 13.8 Å². The van der Waals surface area contributed by atoms with Crippen molar-refractivity contribution in [2.24, 2.45) is 10.7 Å². The number of amides is 1. The van der Waals surface area contributed by atoms with Crippen LogP contribution in [0.5, 0.6) is 11.5 Å². The molecule has 7 nitrogen and oxygen atoms in total. The van der Waals surface area contributed by atoms with Gasteiger partial charge in [0.05, 0.1) is 30.4 Å². The Morgan fingerprint density at radius 1 is 1.21 bits per heavy atom. The van der Waals surface area contributed by atoms with Gasteiger partial charge in [-0.25, -0.2) is 18.2 Å². The number of carbonyl (C=O) groups is 1. The predicted molar refractivity (Wildman–Crippen MR) is 133 cm³/mol. The molecule has 0 aromatic heterocycles. The summed E-state index contributed by atoms with van der Waals surface area (Å²) in [6.45, 7) is 0.766. The molecule has 3 aliphatic heterocycles. The Morgan fingerprint density at radius 3 is 2.69 bits per heavy atom. The summed E-state index contributed by atoms with van der Waals surface area (Å²) in [5, 5.41) is 0. The summed E-state index contributed by atoms with van der Waals surface area (Å²) in [6.07, 6.45) is 0.169. The molecule has 3 heterocycles. The predicted octanol–water partition coefficient (Wildman–Crippen LogP) is 5.58. The molecule has 0 unspecified atom stereocenters. The van der Waals surface area contributed by atoms with Gasteiger partial charge in [-0.1, -0.05) is 19.9 Å². The van der Waals surface area contributed by atoms with E-state index >= 15 is 4.39 Å². The van der Waals surface area contributed by atoms with Gasteiger partial charge < -0.3 is 25.0 Å². The minimum Gasteiger partial charge on any atom is -0.488 e. The van der Waals surface area contributed by atoms with Crippen molar-refractivity contribution in [1.82, 2.24) is 9.80 Å². The number of hydrogen-bond acceptors (Lipinski definition) is 6. The van der Waals surface area contributed by atoms with Gasteiger partial charge in [-0.2, -0.15) is 8.78 Å². The second-order valence-corrected chi connectivity index (χ2v) is 10.4. The summed E-state index contributed by atoms with van der Waals surface area (Å²) >= 11 is 0. The van der Waals surface area contributed by atoms with Gasteiger partial charge in [0.15, 0.2) is 5.96 Å². The Kier molecular flexibility index (Phi) is 7.06. The number of benzene rings is 2. The summed E-state index contributed by atoms with van der Waals surface area (Å²) in [5.74, 6) is -4.15. The van der Waals surface area contributed by atoms with E-state index in [9.17, 15) is 22.4 Å². The van der Waals surface area contributed by atoms with E-state index in [0.717, 1.165) is 11.6 Å². The van der Waals surface area contributed by atoms with Crippen LogP contribution in [-0.2, 0) is 0 Å². The second-order valence-electron chi connectivity index (χ2n) is 10.4. The average Bonchev–Trinajstić information content (AvgIpc) is 3.19. The van der Waals surface area contributed by atoms with Gasteiger partial charge in [0, 0.05) is 30.7 Å². The van der Waals surface area contributed by atoms with E-state index in [0.29, 0.717) is 30.7 Å². The molecule has 0 spiro atoms. The molecular formula is C27H29F5N4O3. The van der Waals surface area contributed by atoms with Gasteiger partial charge in [-0.05, 0) is 36.5 Å². The van der Waals surface area contributed by atoms with E-state index < -0.39 is 49.4 Å². The number of fused-ring (bicyclic) bond motifs is 3. The molecule has 2 aromatic rings. The SMILES string of the molecule is CC(C)c1ccc(OC(F)F)cc1O[C@H]1CCCN(C(=O)c2cc3c(cc2F)N=C(N)N2CC(F)(F)C[C@H]32)C1. The fourth-order valence-electron chi connectivity index (χ4n) is 5.47. The van der Waals surface area contributed by atoms with E-state index in [-0.39, 0.29) is 35.4 Å². The third kappa shape index (κ3) is 5.46. The molecule has 2 saturated heterocycles. The Bertz CT molecular complexity index is 1300. The monoisotopic (exact) mass is 552 g/mol. The van der Waals surface area contributed by atoms with Gasteiger partial charge in [-0.3, -0.25) is 4.79 Å². The zero-order valence-corrected chi connectivity index (χ0v) is 21.5. The van der Waals surface area contributed by atoms with Crippen molar-refractivity contribution in [3.63, 3.8) is 0 Å². The number of nitrogens with zero attached hydrogens (tertiary/aromatic N) is 3. The molecule has 2 N–H and O–H groups in total. The number of likely N-dealkylation sites (tertiary alicyclic amines) is 1. The Labute approximate surface area is 222 Å². The highest BCUT2D eigenvalue weighted by Gasteiger charge is 2.49. The Hall–Kier alpha value is -3.57. The lowest BCUT2D eigenvalue weighted by molar-refractivity contribution is -0.0500. The van der Waals surface area contributed by atoms with Crippen LogP contribution in [0.4, 0.5) is 27.6 Å². The largest absolute Gasteiger partial charge is 0.488 e. The van der Waals surface area contributed by atoms with Crippen molar-refractivity contribution < 1.29 is 36.2 Å². The van der Waals surface area contributed by atoms with E-state index in [2.05, 4.69) is 9.73 Å². The standard InChI is InChI=1S/C27H29F5N4O3/c1-14(2)17-6-5-15(39-25(29)30)8-23(17)38-16-4-3-7-35(12-16)24(37)18-9-19-21(10-20(18)28)34-26(33)36-13-27(31,32)11-22(19)36/h5-6,8-10,14,16,22,25H,3-4,7,11-13H2,1-2H3,(H2,33,34)/t16-,22+/m0/s1. The van der Waals surface area contributed by atoms with Crippen molar-refractivity contribution in [1.29, 1.82) is 0 Å². The lowest BCUT2D eigenvalue weighted by Crippen LogP contribution is -2.45. The van der Waals surface area contributed by atoms with Crippen molar-refractivity contribution in [3.05, 3.63) is 52.8 Å². The minimum atomic E-state index is -2.99. The highest BCUT2D eigenvalue weighted by molar-refractivity contribution is 5.96. The first-order valence-corrected chi connectivity index (χ1v) is 12.8. The highest BCUT2D eigenvalue weighted by atomic mass is 19.3. The van der Waals surface area contributed by atoms with Crippen molar-refractivity contribution in [2.75, 3.05) is 19.6 Å². The topological polar surface area (TPSA) is 80.4 Å². The van der Waals surface area contributed by atoms with E-state index in [1.165, 1.54) is 28.0 Å². The van der Waals surface area contributed by atoms with Crippen LogP contribution in [0.3, 0.4) is 0 Å².